The fourth-order valence-electron chi connectivity index (χ4n) is 3.87. The van der Waals surface area contributed by atoms with Crippen LogP contribution < -0.4 is 10.2 Å². The van der Waals surface area contributed by atoms with Crippen molar-refractivity contribution in [2.24, 2.45) is 5.92 Å². The lowest BCUT2D eigenvalue weighted by atomic mass is 10.1. The van der Waals surface area contributed by atoms with Crippen LogP contribution in [-0.2, 0) is 4.79 Å². The maximum Gasteiger partial charge on any atom is 0.223 e. The van der Waals surface area contributed by atoms with E-state index in [9.17, 15) is 4.79 Å². The Morgan fingerprint density at radius 1 is 1.12 bits per heavy atom. The summed E-state index contributed by atoms with van der Waals surface area (Å²) in [5.41, 5.74) is 1.33. The Kier molecular flexibility index (Phi) is 6.13. The predicted octanol–water partition coefficient (Wildman–Crippen LogP) is 2.89. The fourth-order valence-corrected chi connectivity index (χ4v) is 3.87. The molecule has 0 spiro atoms. The van der Waals surface area contributed by atoms with E-state index in [1.54, 1.807) is 0 Å². The van der Waals surface area contributed by atoms with Gasteiger partial charge in [-0.3, -0.25) is 9.69 Å². The SMILES string of the molecule is C[C@@H](CCN1CCN(c2ccccc2)CC1)NC(=O)C1CCCC1. The molecule has 1 heterocycles. The molecule has 0 radical (unpaired) electrons. The fraction of sp³-hybridized carbons (Fsp3) is 0.650. The first kappa shape index (κ1) is 17.3. The van der Waals surface area contributed by atoms with Crippen molar-refractivity contribution in [3.05, 3.63) is 30.3 Å². The Labute approximate surface area is 146 Å². The van der Waals surface area contributed by atoms with E-state index >= 15 is 0 Å². The molecule has 1 aromatic rings. The summed E-state index contributed by atoms with van der Waals surface area (Å²) in [5.74, 6) is 0.566. The minimum atomic E-state index is 0.280. The summed E-state index contributed by atoms with van der Waals surface area (Å²) in [6.07, 6.45) is 5.65. The van der Waals surface area contributed by atoms with Crippen LogP contribution >= 0.6 is 0 Å². The standard InChI is InChI=1S/C20H31N3O/c1-17(21-20(24)18-7-5-6-8-18)11-12-22-13-15-23(16-14-22)19-9-3-2-4-10-19/h2-4,9-10,17-18H,5-8,11-16H2,1H3,(H,21,24)/t17-/m0/s1. The number of anilines is 1. The highest BCUT2D eigenvalue weighted by Crippen LogP contribution is 2.24. The van der Waals surface area contributed by atoms with Crippen molar-refractivity contribution in [1.82, 2.24) is 10.2 Å². The Morgan fingerprint density at radius 2 is 1.79 bits per heavy atom. The molecule has 1 saturated heterocycles. The number of nitrogens with one attached hydrogen (secondary N) is 1. The molecular formula is C20H31N3O. The van der Waals surface area contributed by atoms with Crippen LogP contribution in [0.25, 0.3) is 0 Å². The van der Waals surface area contributed by atoms with Gasteiger partial charge in [-0.25, -0.2) is 0 Å². The first-order chi connectivity index (χ1) is 11.7. The van der Waals surface area contributed by atoms with Crippen molar-refractivity contribution in [3.63, 3.8) is 0 Å². The molecule has 4 nitrogen and oxygen atoms in total. The van der Waals surface area contributed by atoms with Gasteiger partial charge in [-0.1, -0.05) is 31.0 Å². The Bertz CT molecular complexity index is 505. The number of rotatable bonds is 6. The van der Waals surface area contributed by atoms with Gasteiger partial charge in [-0.05, 0) is 38.3 Å². The molecular weight excluding hydrogens is 298 g/mol. The Hall–Kier alpha value is -1.55. The molecule has 1 N–H and O–H groups in total. The van der Waals surface area contributed by atoms with Crippen LogP contribution in [0, 0.1) is 5.92 Å². The minimum absolute atomic E-state index is 0.280. The molecule has 1 aliphatic carbocycles. The number of piperazine rings is 1. The van der Waals surface area contributed by atoms with Crippen LogP contribution in [0.3, 0.4) is 0 Å². The quantitative estimate of drug-likeness (QED) is 0.872. The van der Waals surface area contributed by atoms with E-state index in [4.69, 9.17) is 0 Å². The summed E-state index contributed by atoms with van der Waals surface area (Å²) >= 11 is 0. The molecule has 3 rings (SSSR count). The van der Waals surface area contributed by atoms with Crippen molar-refractivity contribution >= 4 is 11.6 Å². The van der Waals surface area contributed by atoms with Gasteiger partial charge in [0.2, 0.25) is 5.91 Å². The molecule has 1 aliphatic heterocycles. The van der Waals surface area contributed by atoms with Crippen molar-refractivity contribution < 1.29 is 4.79 Å². The van der Waals surface area contributed by atoms with Crippen molar-refractivity contribution in [2.75, 3.05) is 37.6 Å². The topological polar surface area (TPSA) is 35.6 Å². The van der Waals surface area contributed by atoms with E-state index in [1.807, 2.05) is 0 Å². The lowest BCUT2D eigenvalue weighted by Gasteiger charge is -2.36. The largest absolute Gasteiger partial charge is 0.369 e. The lowest BCUT2D eigenvalue weighted by Crippen LogP contribution is -2.47. The average molecular weight is 329 g/mol. The van der Waals surface area contributed by atoms with Crippen LogP contribution in [-0.4, -0.2) is 49.6 Å². The molecule has 24 heavy (non-hydrogen) atoms. The van der Waals surface area contributed by atoms with Gasteiger partial charge in [0.25, 0.3) is 0 Å². The van der Waals surface area contributed by atoms with Crippen LogP contribution in [0.2, 0.25) is 0 Å². The third-order valence-corrected chi connectivity index (χ3v) is 5.49. The molecule has 1 saturated carbocycles. The van der Waals surface area contributed by atoms with Crippen LogP contribution in [0.5, 0.6) is 0 Å². The summed E-state index contributed by atoms with van der Waals surface area (Å²) in [5, 5.41) is 3.22. The van der Waals surface area contributed by atoms with E-state index in [0.29, 0.717) is 0 Å². The van der Waals surface area contributed by atoms with Crippen LogP contribution in [0.4, 0.5) is 5.69 Å². The summed E-state index contributed by atoms with van der Waals surface area (Å²) < 4.78 is 0. The molecule has 2 aliphatic rings. The number of carbonyl (C=O) groups excluding carboxylic acids is 1. The second-order valence-corrected chi connectivity index (χ2v) is 7.34. The second-order valence-electron chi connectivity index (χ2n) is 7.34. The Morgan fingerprint density at radius 3 is 2.46 bits per heavy atom. The maximum atomic E-state index is 12.2. The maximum absolute atomic E-state index is 12.2. The Balaban J connectivity index is 1.35. The van der Waals surface area contributed by atoms with Gasteiger partial charge < -0.3 is 10.2 Å². The average Bonchev–Trinajstić information content (AvgIpc) is 3.16. The minimum Gasteiger partial charge on any atom is -0.369 e. The van der Waals surface area contributed by atoms with Gasteiger partial charge in [-0.15, -0.1) is 0 Å². The summed E-state index contributed by atoms with van der Waals surface area (Å²) in [7, 11) is 0. The highest BCUT2D eigenvalue weighted by Gasteiger charge is 2.24. The molecule has 132 valence electrons. The molecule has 1 aromatic carbocycles. The number of amides is 1. The molecule has 0 unspecified atom stereocenters. The van der Waals surface area contributed by atoms with Gasteiger partial charge in [0.05, 0.1) is 0 Å². The zero-order valence-electron chi connectivity index (χ0n) is 14.9. The first-order valence-corrected chi connectivity index (χ1v) is 9.55. The molecule has 0 aromatic heterocycles. The number of hydrogen-bond donors (Lipinski definition) is 1. The van der Waals surface area contributed by atoms with E-state index in [-0.39, 0.29) is 17.9 Å². The number of hydrogen-bond acceptors (Lipinski definition) is 3. The zero-order valence-corrected chi connectivity index (χ0v) is 14.9. The first-order valence-electron chi connectivity index (χ1n) is 9.55. The lowest BCUT2D eigenvalue weighted by molar-refractivity contribution is -0.125. The number of nitrogens with zero attached hydrogens (tertiary/aromatic N) is 2. The van der Waals surface area contributed by atoms with Gasteiger partial charge in [0.15, 0.2) is 0 Å². The highest BCUT2D eigenvalue weighted by molar-refractivity contribution is 5.79. The van der Waals surface area contributed by atoms with E-state index in [1.165, 1.54) is 18.5 Å². The zero-order chi connectivity index (χ0) is 16.8. The number of carbonyl (C=O) groups is 1. The molecule has 1 amide bonds. The van der Waals surface area contributed by atoms with Gasteiger partial charge in [0.1, 0.15) is 0 Å². The number of para-hydroxylation sites is 1. The van der Waals surface area contributed by atoms with Crippen LogP contribution in [0.15, 0.2) is 30.3 Å². The third kappa shape index (κ3) is 4.73. The molecule has 2 fully saturated rings. The molecule has 0 bridgehead atoms. The monoisotopic (exact) mass is 329 g/mol. The van der Waals surface area contributed by atoms with Gasteiger partial charge in [-0.2, -0.15) is 0 Å². The van der Waals surface area contributed by atoms with Crippen molar-refractivity contribution in [1.29, 1.82) is 0 Å². The second kappa shape index (κ2) is 8.52. The third-order valence-electron chi connectivity index (χ3n) is 5.49. The summed E-state index contributed by atoms with van der Waals surface area (Å²) in [4.78, 5) is 17.2. The van der Waals surface area contributed by atoms with Crippen LogP contribution in [0.1, 0.15) is 39.0 Å². The van der Waals surface area contributed by atoms with Gasteiger partial charge in [0, 0.05) is 50.4 Å². The van der Waals surface area contributed by atoms with Crippen molar-refractivity contribution in [2.45, 2.75) is 45.1 Å². The van der Waals surface area contributed by atoms with E-state index in [2.05, 4.69) is 52.4 Å². The highest BCUT2D eigenvalue weighted by atomic mass is 16.1. The van der Waals surface area contributed by atoms with E-state index < -0.39 is 0 Å². The van der Waals surface area contributed by atoms with Crippen molar-refractivity contribution in [3.8, 4) is 0 Å². The number of benzene rings is 1. The normalized spacial score (nSPS) is 21.0. The van der Waals surface area contributed by atoms with E-state index in [0.717, 1.165) is 52.0 Å². The molecule has 1 atom stereocenters. The molecule has 4 heteroatoms. The van der Waals surface area contributed by atoms with Gasteiger partial charge >= 0.3 is 0 Å². The summed E-state index contributed by atoms with van der Waals surface area (Å²) in [6.45, 7) is 7.62. The smallest absolute Gasteiger partial charge is 0.223 e. The summed E-state index contributed by atoms with van der Waals surface area (Å²) in [6, 6.07) is 10.9. The predicted molar refractivity (Wildman–Crippen MR) is 99.3 cm³/mol.